The number of hydrogen-bond donors (Lipinski definition) is 0. The Morgan fingerprint density at radius 2 is 2.28 bits per heavy atom. The smallest absolute Gasteiger partial charge is 0.246 e. The zero-order valence-corrected chi connectivity index (χ0v) is 12.1. The van der Waals surface area contributed by atoms with Crippen molar-refractivity contribution in [2.45, 2.75) is 18.4 Å². The molecule has 8 heteroatoms. The molecule has 0 fully saturated rings. The third kappa shape index (κ3) is 3.68. The number of ether oxygens (including phenoxy) is 1. The summed E-state index contributed by atoms with van der Waals surface area (Å²) in [5.74, 6) is 0.391. The summed E-state index contributed by atoms with van der Waals surface area (Å²) in [6.07, 6.45) is 2.84. The SMILES string of the molecule is CCN(CCOC)S(=O)(=O)c1cnn(CCCl)c1. The Morgan fingerprint density at radius 1 is 1.56 bits per heavy atom. The first-order valence-corrected chi connectivity index (χ1v) is 7.61. The number of likely N-dealkylation sites (N-methyl/N-ethyl adjacent to an activating group) is 1. The molecular weight excluding hydrogens is 278 g/mol. The molecular formula is C10H18ClN3O3S. The highest BCUT2D eigenvalue weighted by atomic mass is 35.5. The molecule has 0 amide bonds. The van der Waals surface area contributed by atoms with Gasteiger partial charge in [-0.25, -0.2) is 8.42 Å². The molecule has 0 saturated carbocycles. The lowest BCUT2D eigenvalue weighted by Gasteiger charge is -2.18. The van der Waals surface area contributed by atoms with Crippen LogP contribution in [0.5, 0.6) is 0 Å². The van der Waals surface area contributed by atoms with Gasteiger partial charge >= 0.3 is 0 Å². The van der Waals surface area contributed by atoms with Gasteiger partial charge in [0, 0.05) is 32.3 Å². The zero-order chi connectivity index (χ0) is 13.6. The lowest BCUT2D eigenvalue weighted by molar-refractivity contribution is 0.180. The molecule has 0 aliphatic rings. The summed E-state index contributed by atoms with van der Waals surface area (Å²) in [5, 5.41) is 3.96. The van der Waals surface area contributed by atoms with E-state index in [-0.39, 0.29) is 4.90 Å². The van der Waals surface area contributed by atoms with Gasteiger partial charge < -0.3 is 4.74 Å². The molecule has 0 spiro atoms. The van der Waals surface area contributed by atoms with E-state index >= 15 is 0 Å². The first-order chi connectivity index (χ1) is 8.56. The summed E-state index contributed by atoms with van der Waals surface area (Å²) < 4.78 is 32.3. The molecule has 0 radical (unpaired) electrons. The van der Waals surface area contributed by atoms with Gasteiger partial charge in [-0.3, -0.25) is 4.68 Å². The van der Waals surface area contributed by atoms with Crippen LogP contribution in [0, 0.1) is 0 Å². The summed E-state index contributed by atoms with van der Waals surface area (Å²) in [7, 11) is -1.95. The Balaban J connectivity index is 2.88. The molecule has 1 rings (SSSR count). The molecule has 0 aliphatic heterocycles. The fourth-order valence-electron chi connectivity index (χ4n) is 1.48. The number of methoxy groups -OCH3 is 1. The number of sulfonamides is 1. The fourth-order valence-corrected chi connectivity index (χ4v) is 3.04. The van der Waals surface area contributed by atoms with Gasteiger partial charge in [-0.15, -0.1) is 11.6 Å². The summed E-state index contributed by atoms with van der Waals surface area (Å²) in [5.41, 5.74) is 0. The molecule has 0 N–H and O–H groups in total. The van der Waals surface area contributed by atoms with Gasteiger partial charge in [0.05, 0.1) is 19.3 Å². The second-order valence-electron chi connectivity index (χ2n) is 3.62. The zero-order valence-electron chi connectivity index (χ0n) is 10.5. The number of nitrogens with zero attached hydrogens (tertiary/aromatic N) is 3. The molecule has 1 heterocycles. The Bertz CT molecular complexity index is 461. The van der Waals surface area contributed by atoms with Gasteiger partial charge in [-0.1, -0.05) is 6.92 Å². The third-order valence-electron chi connectivity index (χ3n) is 2.46. The Kier molecular flexibility index (Phi) is 6.07. The van der Waals surface area contributed by atoms with Crippen LogP contribution in [0.4, 0.5) is 0 Å². The van der Waals surface area contributed by atoms with Gasteiger partial charge in [0.2, 0.25) is 10.0 Å². The highest BCUT2D eigenvalue weighted by molar-refractivity contribution is 7.89. The Labute approximate surface area is 113 Å². The Hall–Kier alpha value is -0.630. The van der Waals surface area contributed by atoms with Crippen LogP contribution in [0.2, 0.25) is 0 Å². The fraction of sp³-hybridized carbons (Fsp3) is 0.700. The molecule has 0 bridgehead atoms. The van der Waals surface area contributed by atoms with E-state index in [1.165, 1.54) is 21.4 Å². The predicted molar refractivity (Wildman–Crippen MR) is 69.3 cm³/mol. The topological polar surface area (TPSA) is 64.4 Å². The molecule has 6 nitrogen and oxygen atoms in total. The normalized spacial score (nSPS) is 12.2. The van der Waals surface area contributed by atoms with Crippen LogP contribution in [-0.2, 0) is 21.3 Å². The molecule has 0 aromatic carbocycles. The van der Waals surface area contributed by atoms with Crippen molar-refractivity contribution in [1.29, 1.82) is 0 Å². The van der Waals surface area contributed by atoms with E-state index in [1.807, 2.05) is 0 Å². The van der Waals surface area contributed by atoms with Gasteiger partial charge in [0.1, 0.15) is 4.90 Å². The monoisotopic (exact) mass is 295 g/mol. The second-order valence-corrected chi connectivity index (χ2v) is 5.93. The number of aromatic nitrogens is 2. The van der Waals surface area contributed by atoms with E-state index in [2.05, 4.69) is 5.10 Å². The summed E-state index contributed by atoms with van der Waals surface area (Å²) in [6, 6.07) is 0. The van der Waals surface area contributed by atoms with Crippen LogP contribution in [0.15, 0.2) is 17.3 Å². The minimum Gasteiger partial charge on any atom is -0.383 e. The van der Waals surface area contributed by atoms with E-state index in [9.17, 15) is 8.42 Å². The molecule has 0 atom stereocenters. The summed E-state index contributed by atoms with van der Waals surface area (Å²) >= 11 is 5.58. The van der Waals surface area contributed by atoms with Crippen molar-refractivity contribution in [2.75, 3.05) is 32.7 Å². The molecule has 0 aliphatic carbocycles. The van der Waals surface area contributed by atoms with Crippen molar-refractivity contribution in [3.8, 4) is 0 Å². The summed E-state index contributed by atoms with van der Waals surface area (Å²) in [6.45, 7) is 3.36. The summed E-state index contributed by atoms with van der Waals surface area (Å²) in [4.78, 5) is 0.186. The van der Waals surface area contributed by atoms with E-state index in [1.54, 1.807) is 14.0 Å². The minimum absolute atomic E-state index is 0.186. The van der Waals surface area contributed by atoms with Crippen molar-refractivity contribution >= 4 is 21.6 Å². The van der Waals surface area contributed by atoms with Crippen LogP contribution < -0.4 is 0 Å². The quantitative estimate of drug-likeness (QED) is 0.665. The van der Waals surface area contributed by atoms with Crippen molar-refractivity contribution < 1.29 is 13.2 Å². The van der Waals surface area contributed by atoms with Crippen molar-refractivity contribution in [2.24, 2.45) is 0 Å². The van der Waals surface area contributed by atoms with Crippen LogP contribution in [0.3, 0.4) is 0 Å². The number of alkyl halides is 1. The van der Waals surface area contributed by atoms with Gasteiger partial charge in [0.25, 0.3) is 0 Å². The van der Waals surface area contributed by atoms with Crippen molar-refractivity contribution in [1.82, 2.24) is 14.1 Å². The van der Waals surface area contributed by atoms with Crippen molar-refractivity contribution in [3.05, 3.63) is 12.4 Å². The van der Waals surface area contributed by atoms with Crippen LogP contribution >= 0.6 is 11.6 Å². The molecule has 0 saturated heterocycles. The molecule has 1 aromatic heterocycles. The molecule has 0 unspecified atom stereocenters. The highest BCUT2D eigenvalue weighted by Crippen LogP contribution is 2.14. The van der Waals surface area contributed by atoms with E-state index in [0.717, 1.165) is 0 Å². The largest absolute Gasteiger partial charge is 0.383 e. The number of hydrogen-bond acceptors (Lipinski definition) is 4. The molecule has 104 valence electrons. The molecule has 18 heavy (non-hydrogen) atoms. The van der Waals surface area contributed by atoms with Crippen molar-refractivity contribution in [3.63, 3.8) is 0 Å². The molecule has 1 aromatic rings. The standard InChI is InChI=1S/C10H18ClN3O3S/c1-3-14(6-7-17-2)18(15,16)10-8-12-13(9-10)5-4-11/h8-9H,3-7H2,1-2H3. The maximum Gasteiger partial charge on any atom is 0.246 e. The average Bonchev–Trinajstić information content (AvgIpc) is 2.79. The Morgan fingerprint density at radius 3 is 2.83 bits per heavy atom. The lowest BCUT2D eigenvalue weighted by Crippen LogP contribution is -2.33. The highest BCUT2D eigenvalue weighted by Gasteiger charge is 2.24. The van der Waals surface area contributed by atoms with E-state index in [0.29, 0.717) is 32.1 Å². The number of rotatable bonds is 8. The predicted octanol–water partition coefficient (Wildman–Crippen LogP) is 0.779. The van der Waals surface area contributed by atoms with Gasteiger partial charge in [-0.05, 0) is 0 Å². The lowest BCUT2D eigenvalue weighted by atomic mass is 10.6. The first kappa shape index (κ1) is 15.4. The average molecular weight is 296 g/mol. The van der Waals surface area contributed by atoms with Gasteiger partial charge in [-0.2, -0.15) is 9.40 Å². The maximum atomic E-state index is 12.3. The second kappa shape index (κ2) is 7.08. The van der Waals surface area contributed by atoms with Crippen LogP contribution in [-0.4, -0.2) is 55.2 Å². The third-order valence-corrected chi connectivity index (χ3v) is 4.55. The first-order valence-electron chi connectivity index (χ1n) is 5.63. The van der Waals surface area contributed by atoms with Gasteiger partial charge in [0.15, 0.2) is 0 Å². The minimum atomic E-state index is -3.49. The van der Waals surface area contributed by atoms with E-state index < -0.39 is 10.0 Å². The van der Waals surface area contributed by atoms with Crippen LogP contribution in [0.25, 0.3) is 0 Å². The number of aryl methyl sites for hydroxylation is 1. The van der Waals surface area contributed by atoms with E-state index in [4.69, 9.17) is 16.3 Å². The van der Waals surface area contributed by atoms with Crippen LogP contribution in [0.1, 0.15) is 6.92 Å². The number of halogens is 1. The maximum absolute atomic E-state index is 12.3.